The Kier molecular flexibility index (Phi) is 5.78. The zero-order valence-corrected chi connectivity index (χ0v) is 18.5. The molecule has 1 unspecified atom stereocenters. The van der Waals surface area contributed by atoms with Crippen LogP contribution in [-0.4, -0.2) is 39.9 Å². The summed E-state index contributed by atoms with van der Waals surface area (Å²) < 4.78 is 14.2. The van der Waals surface area contributed by atoms with E-state index in [9.17, 15) is 9.18 Å². The zero-order valence-electron chi connectivity index (χ0n) is 18.5. The van der Waals surface area contributed by atoms with Gasteiger partial charge in [0.2, 0.25) is 0 Å². The van der Waals surface area contributed by atoms with Crippen LogP contribution < -0.4 is 16.8 Å². The summed E-state index contributed by atoms with van der Waals surface area (Å²) in [7, 11) is 3.32. The van der Waals surface area contributed by atoms with Crippen LogP contribution in [0, 0.1) is 5.82 Å². The number of halogens is 1. The van der Waals surface area contributed by atoms with Crippen molar-refractivity contribution in [3.05, 3.63) is 71.9 Å². The summed E-state index contributed by atoms with van der Waals surface area (Å²) in [6.07, 6.45) is 1.32. The lowest BCUT2D eigenvalue weighted by Crippen LogP contribution is -2.24. The largest absolute Gasteiger partial charge is 0.393 e. The average molecular weight is 446 g/mol. The molecular formula is C24H24FN7O. The van der Waals surface area contributed by atoms with Crippen molar-refractivity contribution in [2.75, 3.05) is 30.9 Å². The molecule has 0 aliphatic heterocycles. The Hall–Kier alpha value is -4.27. The highest BCUT2D eigenvalue weighted by Gasteiger charge is 2.26. The summed E-state index contributed by atoms with van der Waals surface area (Å²) in [5.74, 6) is -0.186. The van der Waals surface area contributed by atoms with Gasteiger partial charge in [0.05, 0.1) is 22.8 Å². The molecule has 1 amide bonds. The summed E-state index contributed by atoms with van der Waals surface area (Å²) in [6, 6.07) is 13.2. The Morgan fingerprint density at radius 1 is 1.09 bits per heavy atom. The number of nitrogens with zero attached hydrogens (tertiary/aromatic N) is 4. The van der Waals surface area contributed by atoms with E-state index in [1.807, 2.05) is 37.3 Å². The minimum atomic E-state index is -0.445. The third kappa shape index (κ3) is 4.12. The summed E-state index contributed by atoms with van der Waals surface area (Å²) >= 11 is 0. The first-order valence-corrected chi connectivity index (χ1v) is 10.3. The van der Waals surface area contributed by atoms with E-state index in [0.717, 1.165) is 5.56 Å². The quantitative estimate of drug-likeness (QED) is 0.426. The molecule has 0 spiro atoms. The van der Waals surface area contributed by atoms with Gasteiger partial charge in [-0.25, -0.2) is 19.3 Å². The Labute approximate surface area is 190 Å². The molecular weight excluding hydrogens is 421 g/mol. The van der Waals surface area contributed by atoms with Crippen molar-refractivity contribution in [3.63, 3.8) is 0 Å². The number of nitrogen functional groups attached to an aromatic ring is 2. The SMILES string of the molecule is CC(Nc1ncnc(N)c1N)c1nc2ccc(F)cc2c(C(=O)N(C)C)c1-c1ccccc1. The number of hydrogen-bond acceptors (Lipinski definition) is 7. The topological polar surface area (TPSA) is 123 Å². The molecule has 0 saturated carbocycles. The number of carbonyl (C=O) groups is 1. The Balaban J connectivity index is 2.01. The molecule has 8 nitrogen and oxygen atoms in total. The summed E-state index contributed by atoms with van der Waals surface area (Å²) in [5.41, 5.74) is 14.9. The van der Waals surface area contributed by atoms with Gasteiger partial charge in [0.15, 0.2) is 11.6 Å². The number of hydrogen-bond donors (Lipinski definition) is 3. The number of pyridine rings is 1. The lowest BCUT2D eigenvalue weighted by atomic mass is 9.91. The lowest BCUT2D eigenvalue weighted by Gasteiger charge is -2.23. The molecule has 0 fully saturated rings. The molecule has 2 heterocycles. The van der Waals surface area contributed by atoms with Crippen molar-refractivity contribution < 1.29 is 9.18 Å². The van der Waals surface area contributed by atoms with E-state index in [0.29, 0.717) is 33.5 Å². The molecule has 1 atom stereocenters. The van der Waals surface area contributed by atoms with Crippen LogP contribution in [0.15, 0.2) is 54.9 Å². The molecule has 2 aromatic heterocycles. The fourth-order valence-electron chi connectivity index (χ4n) is 3.71. The van der Waals surface area contributed by atoms with Crippen molar-refractivity contribution in [2.45, 2.75) is 13.0 Å². The maximum atomic E-state index is 14.2. The number of fused-ring (bicyclic) bond motifs is 1. The fraction of sp³-hybridized carbons (Fsp3) is 0.167. The zero-order chi connectivity index (χ0) is 23.7. The van der Waals surface area contributed by atoms with E-state index in [1.54, 1.807) is 20.2 Å². The van der Waals surface area contributed by atoms with Gasteiger partial charge in [0, 0.05) is 25.0 Å². The van der Waals surface area contributed by atoms with Crippen molar-refractivity contribution in [3.8, 4) is 11.1 Å². The van der Waals surface area contributed by atoms with Gasteiger partial charge in [0.1, 0.15) is 17.8 Å². The minimum Gasteiger partial charge on any atom is -0.393 e. The Morgan fingerprint density at radius 2 is 1.82 bits per heavy atom. The van der Waals surface area contributed by atoms with Gasteiger partial charge in [-0.05, 0) is 30.7 Å². The van der Waals surface area contributed by atoms with Crippen LogP contribution in [0.1, 0.15) is 29.0 Å². The van der Waals surface area contributed by atoms with Crippen molar-refractivity contribution >= 4 is 34.1 Å². The lowest BCUT2D eigenvalue weighted by molar-refractivity contribution is 0.0830. The van der Waals surface area contributed by atoms with Crippen LogP contribution in [0.25, 0.3) is 22.0 Å². The van der Waals surface area contributed by atoms with E-state index in [2.05, 4.69) is 15.3 Å². The number of benzene rings is 2. The molecule has 0 aliphatic carbocycles. The molecule has 0 radical (unpaired) electrons. The maximum Gasteiger partial charge on any atom is 0.254 e. The molecule has 0 aliphatic rings. The Morgan fingerprint density at radius 3 is 2.52 bits per heavy atom. The average Bonchev–Trinajstić information content (AvgIpc) is 2.80. The monoisotopic (exact) mass is 445 g/mol. The van der Waals surface area contributed by atoms with Crippen LogP contribution >= 0.6 is 0 Å². The van der Waals surface area contributed by atoms with E-state index >= 15 is 0 Å². The van der Waals surface area contributed by atoms with Gasteiger partial charge >= 0.3 is 0 Å². The highest BCUT2D eigenvalue weighted by atomic mass is 19.1. The second-order valence-electron chi connectivity index (χ2n) is 7.86. The standard InChI is InChI=1S/C24H24FN7O/c1-13(30-23-20(26)22(27)28-12-29-23)21-18(14-7-5-4-6-8-14)19(24(33)32(2)3)16-11-15(25)9-10-17(16)31-21/h4-13H,26H2,1-3H3,(H3,27,28,29,30). The third-order valence-electron chi connectivity index (χ3n) is 5.34. The first kappa shape index (κ1) is 21.9. The van der Waals surface area contributed by atoms with E-state index < -0.39 is 11.9 Å². The summed E-state index contributed by atoms with van der Waals surface area (Å²) in [5, 5.41) is 3.67. The third-order valence-corrected chi connectivity index (χ3v) is 5.34. The number of anilines is 3. The predicted octanol–water partition coefficient (Wildman–Crippen LogP) is 3.87. The first-order valence-electron chi connectivity index (χ1n) is 10.3. The van der Waals surface area contributed by atoms with Gasteiger partial charge in [0.25, 0.3) is 5.91 Å². The van der Waals surface area contributed by atoms with Gasteiger partial charge in [-0.15, -0.1) is 0 Å². The van der Waals surface area contributed by atoms with Gasteiger partial charge in [-0.1, -0.05) is 30.3 Å². The second-order valence-corrected chi connectivity index (χ2v) is 7.86. The van der Waals surface area contributed by atoms with Crippen LogP contribution in [0.2, 0.25) is 0 Å². The molecule has 0 saturated heterocycles. The van der Waals surface area contributed by atoms with E-state index in [-0.39, 0.29) is 17.4 Å². The number of aromatic nitrogens is 3. The highest BCUT2D eigenvalue weighted by molar-refractivity contribution is 6.12. The molecule has 5 N–H and O–H groups in total. The first-order chi connectivity index (χ1) is 15.8. The number of amides is 1. The minimum absolute atomic E-state index is 0.161. The normalized spacial score (nSPS) is 11.9. The molecule has 168 valence electrons. The van der Waals surface area contributed by atoms with E-state index in [1.165, 1.54) is 23.4 Å². The number of nitrogens with one attached hydrogen (secondary N) is 1. The number of carbonyl (C=O) groups excluding carboxylic acids is 1. The molecule has 2 aromatic carbocycles. The Bertz CT molecular complexity index is 1340. The summed E-state index contributed by atoms with van der Waals surface area (Å²) in [6.45, 7) is 1.88. The smallest absolute Gasteiger partial charge is 0.254 e. The van der Waals surface area contributed by atoms with Crippen LogP contribution in [0.5, 0.6) is 0 Å². The van der Waals surface area contributed by atoms with Gasteiger partial charge < -0.3 is 21.7 Å². The van der Waals surface area contributed by atoms with Gasteiger partial charge in [-0.3, -0.25) is 4.79 Å². The molecule has 4 aromatic rings. The molecule has 4 rings (SSSR count). The van der Waals surface area contributed by atoms with Crippen molar-refractivity contribution in [2.24, 2.45) is 0 Å². The van der Waals surface area contributed by atoms with Gasteiger partial charge in [-0.2, -0.15) is 0 Å². The highest BCUT2D eigenvalue weighted by Crippen LogP contribution is 2.37. The predicted molar refractivity (Wildman–Crippen MR) is 128 cm³/mol. The maximum absolute atomic E-state index is 14.2. The van der Waals surface area contributed by atoms with Crippen LogP contribution in [0.4, 0.5) is 21.7 Å². The van der Waals surface area contributed by atoms with Crippen LogP contribution in [-0.2, 0) is 0 Å². The van der Waals surface area contributed by atoms with E-state index in [4.69, 9.17) is 16.5 Å². The van der Waals surface area contributed by atoms with Crippen molar-refractivity contribution in [1.29, 1.82) is 0 Å². The second kappa shape index (κ2) is 8.70. The van der Waals surface area contributed by atoms with Crippen LogP contribution in [0.3, 0.4) is 0 Å². The molecule has 9 heteroatoms. The summed E-state index contributed by atoms with van der Waals surface area (Å²) in [4.78, 5) is 27.8. The number of rotatable bonds is 5. The molecule has 0 bridgehead atoms. The number of nitrogens with two attached hydrogens (primary N) is 2. The van der Waals surface area contributed by atoms with Crippen molar-refractivity contribution in [1.82, 2.24) is 19.9 Å². The fourth-order valence-corrected chi connectivity index (χ4v) is 3.71. The molecule has 33 heavy (non-hydrogen) atoms.